The molecule has 3 heterocycles. The van der Waals surface area contributed by atoms with Gasteiger partial charge < -0.3 is 9.80 Å². The molecule has 0 unspecified atom stereocenters. The lowest BCUT2D eigenvalue weighted by Gasteiger charge is -2.33. The number of carbonyl (C=O) groups excluding carboxylic acids is 1. The number of pyridine rings is 1. The maximum absolute atomic E-state index is 11.3. The van der Waals surface area contributed by atoms with Crippen molar-refractivity contribution in [2.45, 2.75) is 6.92 Å². The number of thiazole rings is 1. The molecule has 1 aliphatic rings. The summed E-state index contributed by atoms with van der Waals surface area (Å²) in [4.78, 5) is 24.1. The van der Waals surface area contributed by atoms with Crippen molar-refractivity contribution in [3.8, 4) is 11.3 Å². The average molecular weight is 323 g/mol. The quantitative estimate of drug-likeness (QED) is 0.797. The number of piperazine rings is 1. The summed E-state index contributed by atoms with van der Waals surface area (Å²) >= 11 is 7.53. The number of hydrogen-bond donors (Lipinski definition) is 0. The highest BCUT2D eigenvalue weighted by atomic mass is 35.5. The lowest BCUT2D eigenvalue weighted by atomic mass is 10.2. The van der Waals surface area contributed by atoms with Crippen molar-refractivity contribution < 1.29 is 4.79 Å². The van der Waals surface area contributed by atoms with Crippen LogP contribution in [-0.4, -0.2) is 47.0 Å². The van der Waals surface area contributed by atoms with E-state index in [9.17, 15) is 4.79 Å². The van der Waals surface area contributed by atoms with Crippen LogP contribution in [0.4, 0.5) is 5.13 Å². The summed E-state index contributed by atoms with van der Waals surface area (Å²) in [5, 5.41) is 3.48. The zero-order valence-corrected chi connectivity index (χ0v) is 13.2. The predicted molar refractivity (Wildman–Crippen MR) is 84.8 cm³/mol. The van der Waals surface area contributed by atoms with E-state index >= 15 is 0 Å². The van der Waals surface area contributed by atoms with Gasteiger partial charge in [0.25, 0.3) is 0 Å². The monoisotopic (exact) mass is 322 g/mol. The normalized spacial score (nSPS) is 15.3. The van der Waals surface area contributed by atoms with E-state index in [1.165, 1.54) is 0 Å². The molecule has 0 N–H and O–H groups in total. The molecule has 0 atom stereocenters. The maximum Gasteiger partial charge on any atom is 0.219 e. The minimum Gasteiger partial charge on any atom is -0.345 e. The molecular formula is C14H15ClN4OS. The van der Waals surface area contributed by atoms with Crippen molar-refractivity contribution in [1.29, 1.82) is 0 Å². The first-order valence-corrected chi connectivity index (χ1v) is 7.97. The van der Waals surface area contributed by atoms with Gasteiger partial charge in [-0.2, -0.15) is 0 Å². The van der Waals surface area contributed by atoms with E-state index in [1.54, 1.807) is 24.5 Å². The summed E-state index contributed by atoms with van der Waals surface area (Å²) in [5.41, 5.74) is 1.88. The molecule has 0 aromatic carbocycles. The van der Waals surface area contributed by atoms with Crippen molar-refractivity contribution in [2.24, 2.45) is 0 Å². The minimum atomic E-state index is 0.140. The Labute approximate surface area is 132 Å². The van der Waals surface area contributed by atoms with Gasteiger partial charge in [-0.25, -0.2) is 9.97 Å². The fourth-order valence-corrected chi connectivity index (χ4v) is 3.38. The Morgan fingerprint density at radius 1 is 1.33 bits per heavy atom. The van der Waals surface area contributed by atoms with Crippen LogP contribution >= 0.6 is 22.9 Å². The molecule has 1 aliphatic heterocycles. The van der Waals surface area contributed by atoms with Gasteiger partial charge in [-0.3, -0.25) is 4.79 Å². The summed E-state index contributed by atoms with van der Waals surface area (Å²) in [6.45, 7) is 4.77. The number of aromatic nitrogens is 2. The number of amides is 1. The molecule has 2 aromatic rings. The highest BCUT2D eigenvalue weighted by molar-refractivity contribution is 7.14. The lowest BCUT2D eigenvalue weighted by Crippen LogP contribution is -2.48. The maximum atomic E-state index is 11.3. The van der Waals surface area contributed by atoms with Crippen molar-refractivity contribution in [3.05, 3.63) is 28.9 Å². The molecule has 1 amide bonds. The first-order chi connectivity index (χ1) is 10.1. The third-order valence-corrected chi connectivity index (χ3v) is 4.62. The highest BCUT2D eigenvalue weighted by Gasteiger charge is 2.20. The Bertz CT molecular complexity index is 652. The van der Waals surface area contributed by atoms with Gasteiger partial charge in [0, 0.05) is 50.2 Å². The molecule has 7 heteroatoms. The van der Waals surface area contributed by atoms with Crippen LogP contribution in [0.5, 0.6) is 0 Å². The van der Waals surface area contributed by atoms with E-state index < -0.39 is 0 Å². The summed E-state index contributed by atoms with van der Waals surface area (Å²) in [6.07, 6.45) is 1.68. The van der Waals surface area contributed by atoms with Gasteiger partial charge in [0.2, 0.25) is 5.91 Å². The molecule has 0 aliphatic carbocycles. The van der Waals surface area contributed by atoms with Crippen LogP contribution in [0.15, 0.2) is 23.7 Å². The number of rotatable bonds is 2. The van der Waals surface area contributed by atoms with Crippen molar-refractivity contribution in [3.63, 3.8) is 0 Å². The van der Waals surface area contributed by atoms with Gasteiger partial charge in [-0.05, 0) is 12.1 Å². The molecule has 0 bridgehead atoms. The fraction of sp³-hybridized carbons (Fsp3) is 0.357. The van der Waals surface area contributed by atoms with Crippen molar-refractivity contribution in [1.82, 2.24) is 14.9 Å². The largest absolute Gasteiger partial charge is 0.345 e. The molecule has 110 valence electrons. The third-order valence-electron chi connectivity index (χ3n) is 3.51. The summed E-state index contributed by atoms with van der Waals surface area (Å²) in [5.74, 6) is 0.140. The fourth-order valence-electron chi connectivity index (χ4n) is 2.32. The van der Waals surface area contributed by atoms with Gasteiger partial charge >= 0.3 is 0 Å². The zero-order chi connectivity index (χ0) is 14.8. The second kappa shape index (κ2) is 5.99. The van der Waals surface area contributed by atoms with Gasteiger partial charge in [-0.15, -0.1) is 11.3 Å². The molecule has 0 saturated carbocycles. The first-order valence-electron chi connectivity index (χ1n) is 6.71. The summed E-state index contributed by atoms with van der Waals surface area (Å²) in [6, 6.07) is 3.71. The van der Waals surface area contributed by atoms with Crippen LogP contribution in [0.25, 0.3) is 11.3 Å². The van der Waals surface area contributed by atoms with E-state index in [0.29, 0.717) is 5.15 Å². The molecule has 3 rings (SSSR count). The zero-order valence-electron chi connectivity index (χ0n) is 11.6. The number of hydrogen-bond acceptors (Lipinski definition) is 5. The van der Waals surface area contributed by atoms with Crippen LogP contribution in [0.3, 0.4) is 0 Å². The van der Waals surface area contributed by atoms with E-state index in [0.717, 1.165) is 42.6 Å². The van der Waals surface area contributed by atoms with Crippen LogP contribution in [-0.2, 0) is 4.79 Å². The van der Waals surface area contributed by atoms with Crippen molar-refractivity contribution >= 4 is 34.0 Å². The van der Waals surface area contributed by atoms with Gasteiger partial charge in [0.1, 0.15) is 5.15 Å². The number of halogens is 1. The Kier molecular flexibility index (Phi) is 4.07. The second-order valence-corrected chi connectivity index (χ2v) is 6.10. The van der Waals surface area contributed by atoms with Crippen LogP contribution < -0.4 is 4.90 Å². The molecule has 0 radical (unpaired) electrons. The predicted octanol–water partition coefficient (Wildman–Crippen LogP) is 2.53. The highest BCUT2D eigenvalue weighted by Crippen LogP contribution is 2.28. The molecule has 5 nitrogen and oxygen atoms in total. The SMILES string of the molecule is CC(=O)N1CCN(c2nc(-c3ccnc(Cl)c3)cs2)CC1. The van der Waals surface area contributed by atoms with Crippen LogP contribution in [0.2, 0.25) is 5.15 Å². The average Bonchev–Trinajstić information content (AvgIpc) is 2.97. The molecule has 1 saturated heterocycles. The molecule has 0 spiro atoms. The van der Waals surface area contributed by atoms with Crippen LogP contribution in [0.1, 0.15) is 6.92 Å². The van der Waals surface area contributed by atoms with Crippen LogP contribution in [0, 0.1) is 0 Å². The Morgan fingerprint density at radius 2 is 2.10 bits per heavy atom. The number of nitrogens with zero attached hydrogens (tertiary/aromatic N) is 4. The van der Waals surface area contributed by atoms with Gasteiger partial charge in [0.15, 0.2) is 5.13 Å². The van der Waals surface area contributed by atoms with E-state index in [1.807, 2.05) is 22.4 Å². The molecule has 1 fully saturated rings. The standard InChI is InChI=1S/C14H15ClN4OS/c1-10(20)18-4-6-19(7-5-18)14-17-12(9-21-14)11-2-3-16-13(15)8-11/h2-3,8-9H,4-7H2,1H3. The summed E-state index contributed by atoms with van der Waals surface area (Å²) < 4.78 is 0. The number of carbonyl (C=O) groups is 1. The molecule has 2 aromatic heterocycles. The molecular weight excluding hydrogens is 308 g/mol. The molecule has 21 heavy (non-hydrogen) atoms. The van der Waals surface area contributed by atoms with E-state index in [4.69, 9.17) is 11.6 Å². The topological polar surface area (TPSA) is 49.3 Å². The Hall–Kier alpha value is -1.66. The van der Waals surface area contributed by atoms with E-state index in [-0.39, 0.29) is 5.91 Å². The second-order valence-electron chi connectivity index (χ2n) is 4.88. The third kappa shape index (κ3) is 3.16. The number of anilines is 1. The van der Waals surface area contributed by atoms with Gasteiger partial charge in [0.05, 0.1) is 5.69 Å². The Balaban J connectivity index is 1.73. The van der Waals surface area contributed by atoms with Gasteiger partial charge in [-0.1, -0.05) is 11.6 Å². The minimum absolute atomic E-state index is 0.140. The Morgan fingerprint density at radius 3 is 2.76 bits per heavy atom. The van der Waals surface area contributed by atoms with Crippen molar-refractivity contribution in [2.75, 3.05) is 31.1 Å². The smallest absolute Gasteiger partial charge is 0.219 e. The first kappa shape index (κ1) is 14.3. The lowest BCUT2D eigenvalue weighted by molar-refractivity contribution is -0.129. The summed E-state index contributed by atoms with van der Waals surface area (Å²) in [7, 11) is 0. The van der Waals surface area contributed by atoms with E-state index in [2.05, 4.69) is 14.9 Å².